The van der Waals surface area contributed by atoms with Gasteiger partial charge in [-0.05, 0) is 37.3 Å². The molecular formula is C16H23NO4. The summed E-state index contributed by atoms with van der Waals surface area (Å²) in [6.45, 7) is 6.04. The highest BCUT2D eigenvalue weighted by atomic mass is 16.4. The van der Waals surface area contributed by atoms with Crippen molar-refractivity contribution in [1.29, 1.82) is 0 Å². The molecule has 5 nitrogen and oxygen atoms in total. The molecule has 1 aromatic carbocycles. The van der Waals surface area contributed by atoms with E-state index < -0.39 is 5.97 Å². The van der Waals surface area contributed by atoms with Crippen LogP contribution in [-0.4, -0.2) is 28.6 Å². The number of nitrogens with one attached hydrogen (secondary N) is 1. The molecule has 21 heavy (non-hydrogen) atoms. The highest BCUT2D eigenvalue weighted by molar-refractivity contribution is 5.96. The normalized spacial score (nSPS) is 12.2. The summed E-state index contributed by atoms with van der Waals surface area (Å²) in [4.78, 5) is 23.0. The van der Waals surface area contributed by atoms with E-state index in [1.807, 2.05) is 13.8 Å². The lowest BCUT2D eigenvalue weighted by molar-refractivity contribution is -0.138. The van der Waals surface area contributed by atoms with Gasteiger partial charge in [0, 0.05) is 24.1 Å². The van der Waals surface area contributed by atoms with Gasteiger partial charge in [0.25, 0.3) is 5.91 Å². The Morgan fingerprint density at radius 1 is 1.29 bits per heavy atom. The quantitative estimate of drug-likeness (QED) is 0.721. The topological polar surface area (TPSA) is 86.6 Å². The fraction of sp³-hybridized carbons (Fsp3) is 0.500. The fourth-order valence-electron chi connectivity index (χ4n) is 2.35. The SMILES string of the molecule is Cc1c(O)cccc1C(=O)NC[C@H](CC(=O)O)CC(C)C. The van der Waals surface area contributed by atoms with E-state index in [0.29, 0.717) is 23.6 Å². The van der Waals surface area contributed by atoms with Gasteiger partial charge in [0.05, 0.1) is 0 Å². The molecule has 0 aliphatic heterocycles. The van der Waals surface area contributed by atoms with E-state index in [2.05, 4.69) is 5.32 Å². The van der Waals surface area contributed by atoms with Gasteiger partial charge < -0.3 is 15.5 Å². The Hall–Kier alpha value is -2.04. The molecule has 1 rings (SSSR count). The van der Waals surface area contributed by atoms with E-state index in [0.717, 1.165) is 6.42 Å². The first-order valence-electron chi connectivity index (χ1n) is 7.09. The number of carboxylic acid groups (broad SMARTS) is 1. The predicted octanol–water partition coefficient (Wildman–Crippen LogP) is 2.57. The van der Waals surface area contributed by atoms with E-state index in [1.54, 1.807) is 19.1 Å². The van der Waals surface area contributed by atoms with Gasteiger partial charge in [0.15, 0.2) is 0 Å². The lowest BCUT2D eigenvalue weighted by Gasteiger charge is -2.18. The number of phenols is 1. The van der Waals surface area contributed by atoms with Crippen LogP contribution >= 0.6 is 0 Å². The molecule has 0 saturated carbocycles. The molecule has 0 unspecified atom stereocenters. The first-order valence-corrected chi connectivity index (χ1v) is 7.09. The van der Waals surface area contributed by atoms with Gasteiger partial charge in [-0.1, -0.05) is 19.9 Å². The summed E-state index contributed by atoms with van der Waals surface area (Å²) in [6.07, 6.45) is 0.781. The summed E-state index contributed by atoms with van der Waals surface area (Å²) in [6, 6.07) is 4.78. The monoisotopic (exact) mass is 293 g/mol. The molecule has 3 N–H and O–H groups in total. The Morgan fingerprint density at radius 3 is 2.52 bits per heavy atom. The number of carbonyl (C=O) groups is 2. The van der Waals surface area contributed by atoms with Crippen molar-refractivity contribution in [2.75, 3.05) is 6.54 Å². The molecule has 0 aromatic heterocycles. The Bertz CT molecular complexity index is 511. The maximum Gasteiger partial charge on any atom is 0.303 e. The third-order valence-corrected chi connectivity index (χ3v) is 3.37. The Labute approximate surface area is 125 Å². The summed E-state index contributed by atoms with van der Waals surface area (Å²) >= 11 is 0. The number of rotatable bonds is 7. The molecule has 0 radical (unpaired) electrons. The van der Waals surface area contributed by atoms with Crippen LogP contribution in [0.4, 0.5) is 0 Å². The number of benzene rings is 1. The molecule has 0 aliphatic carbocycles. The summed E-state index contributed by atoms with van der Waals surface area (Å²) in [5.41, 5.74) is 0.933. The van der Waals surface area contributed by atoms with Gasteiger partial charge in [-0.15, -0.1) is 0 Å². The number of hydrogen-bond donors (Lipinski definition) is 3. The maximum atomic E-state index is 12.1. The van der Waals surface area contributed by atoms with Crippen LogP contribution in [0.15, 0.2) is 18.2 Å². The predicted molar refractivity (Wildman–Crippen MR) is 80.4 cm³/mol. The van der Waals surface area contributed by atoms with E-state index in [1.165, 1.54) is 6.07 Å². The van der Waals surface area contributed by atoms with Gasteiger partial charge in [-0.25, -0.2) is 0 Å². The van der Waals surface area contributed by atoms with Crippen LogP contribution in [0.2, 0.25) is 0 Å². The minimum Gasteiger partial charge on any atom is -0.508 e. The second-order valence-corrected chi connectivity index (χ2v) is 5.75. The van der Waals surface area contributed by atoms with E-state index >= 15 is 0 Å². The third-order valence-electron chi connectivity index (χ3n) is 3.37. The third kappa shape index (κ3) is 5.45. The van der Waals surface area contributed by atoms with Crippen LogP contribution < -0.4 is 5.32 Å². The molecule has 5 heteroatoms. The van der Waals surface area contributed by atoms with Crippen LogP contribution in [-0.2, 0) is 4.79 Å². The molecule has 0 bridgehead atoms. The molecule has 0 saturated heterocycles. The van der Waals surface area contributed by atoms with Gasteiger partial charge in [0.1, 0.15) is 5.75 Å². The average Bonchev–Trinajstić information content (AvgIpc) is 2.37. The number of aromatic hydroxyl groups is 1. The lowest BCUT2D eigenvalue weighted by Crippen LogP contribution is -2.31. The molecule has 116 valence electrons. The summed E-state index contributed by atoms with van der Waals surface area (Å²) in [5, 5.41) is 21.3. The van der Waals surface area contributed by atoms with Gasteiger partial charge in [-0.2, -0.15) is 0 Å². The smallest absolute Gasteiger partial charge is 0.303 e. The molecule has 1 aromatic rings. The number of amides is 1. The van der Waals surface area contributed by atoms with Crippen LogP contribution in [0.1, 0.15) is 42.6 Å². The second kappa shape index (κ2) is 7.67. The summed E-state index contributed by atoms with van der Waals surface area (Å²) in [7, 11) is 0. The number of hydrogen-bond acceptors (Lipinski definition) is 3. The number of carbonyl (C=O) groups excluding carboxylic acids is 1. The number of phenolic OH excluding ortho intramolecular Hbond substituents is 1. The van der Waals surface area contributed by atoms with Crippen molar-refractivity contribution in [2.24, 2.45) is 11.8 Å². The minimum atomic E-state index is -0.858. The lowest BCUT2D eigenvalue weighted by atomic mass is 9.94. The second-order valence-electron chi connectivity index (χ2n) is 5.75. The minimum absolute atomic E-state index is 0.0392. The summed E-state index contributed by atoms with van der Waals surface area (Å²) < 4.78 is 0. The van der Waals surface area contributed by atoms with Gasteiger partial charge >= 0.3 is 5.97 Å². The highest BCUT2D eigenvalue weighted by Gasteiger charge is 2.17. The zero-order chi connectivity index (χ0) is 16.0. The van der Waals surface area contributed by atoms with Crippen LogP contribution in [0.3, 0.4) is 0 Å². The van der Waals surface area contributed by atoms with Gasteiger partial charge in [-0.3, -0.25) is 9.59 Å². The standard InChI is InChI=1S/C16H23NO4/c1-10(2)7-12(8-15(19)20)9-17-16(21)13-5-4-6-14(18)11(13)3/h4-6,10,12,18H,7-9H2,1-3H3,(H,17,21)(H,19,20)/t12-/m0/s1. The zero-order valence-electron chi connectivity index (χ0n) is 12.7. The van der Waals surface area contributed by atoms with E-state index in [4.69, 9.17) is 5.11 Å². The van der Waals surface area contributed by atoms with Gasteiger partial charge in [0.2, 0.25) is 0 Å². The fourth-order valence-corrected chi connectivity index (χ4v) is 2.35. The number of carboxylic acids is 1. The van der Waals surface area contributed by atoms with Crippen molar-refractivity contribution < 1.29 is 19.8 Å². The van der Waals surface area contributed by atoms with Crippen molar-refractivity contribution in [3.8, 4) is 5.75 Å². The van der Waals surface area contributed by atoms with Crippen molar-refractivity contribution in [3.63, 3.8) is 0 Å². The van der Waals surface area contributed by atoms with Crippen molar-refractivity contribution >= 4 is 11.9 Å². The molecule has 0 aliphatic rings. The molecule has 1 amide bonds. The molecule has 0 heterocycles. The first-order chi connectivity index (χ1) is 9.81. The Kier molecular flexibility index (Phi) is 6.21. The molecule has 0 fully saturated rings. The van der Waals surface area contributed by atoms with E-state index in [-0.39, 0.29) is 24.0 Å². The van der Waals surface area contributed by atoms with Crippen LogP contribution in [0.5, 0.6) is 5.75 Å². The zero-order valence-corrected chi connectivity index (χ0v) is 12.7. The highest BCUT2D eigenvalue weighted by Crippen LogP contribution is 2.20. The van der Waals surface area contributed by atoms with Crippen LogP contribution in [0, 0.1) is 18.8 Å². The molecule has 1 atom stereocenters. The van der Waals surface area contributed by atoms with Crippen molar-refractivity contribution in [3.05, 3.63) is 29.3 Å². The maximum absolute atomic E-state index is 12.1. The Morgan fingerprint density at radius 2 is 1.95 bits per heavy atom. The van der Waals surface area contributed by atoms with Crippen LogP contribution in [0.25, 0.3) is 0 Å². The Balaban J connectivity index is 2.68. The van der Waals surface area contributed by atoms with Crippen molar-refractivity contribution in [2.45, 2.75) is 33.6 Å². The number of aliphatic carboxylic acids is 1. The molecular weight excluding hydrogens is 270 g/mol. The first kappa shape index (κ1) is 17.0. The van der Waals surface area contributed by atoms with E-state index in [9.17, 15) is 14.7 Å². The largest absolute Gasteiger partial charge is 0.508 e. The average molecular weight is 293 g/mol. The molecule has 0 spiro atoms. The van der Waals surface area contributed by atoms with Crippen molar-refractivity contribution in [1.82, 2.24) is 5.32 Å². The summed E-state index contributed by atoms with van der Waals surface area (Å²) in [5.74, 6) is -0.796.